The maximum absolute atomic E-state index is 12.8. The predicted molar refractivity (Wildman–Crippen MR) is 279 cm³/mol. The Morgan fingerprint density at radius 2 is 0.600 bits per heavy atom. The van der Waals surface area contributed by atoms with Crippen LogP contribution in [0.3, 0.4) is 0 Å². The third-order valence-electron chi connectivity index (χ3n) is 12.0. The highest BCUT2D eigenvalue weighted by Crippen LogP contribution is 2.15. The van der Waals surface area contributed by atoms with Crippen LogP contribution in [-0.4, -0.2) is 37.2 Å². The van der Waals surface area contributed by atoms with Crippen LogP contribution in [0.2, 0.25) is 0 Å². The summed E-state index contributed by atoms with van der Waals surface area (Å²) in [6.45, 7) is 6.50. The van der Waals surface area contributed by atoms with Crippen molar-refractivity contribution in [1.29, 1.82) is 0 Å². The van der Waals surface area contributed by atoms with Crippen molar-refractivity contribution in [3.63, 3.8) is 0 Å². The number of rotatable bonds is 50. The van der Waals surface area contributed by atoms with Gasteiger partial charge in [0.2, 0.25) is 0 Å². The van der Waals surface area contributed by atoms with E-state index in [4.69, 9.17) is 14.2 Å². The minimum atomic E-state index is -0.784. The van der Waals surface area contributed by atoms with Gasteiger partial charge in [0.1, 0.15) is 13.2 Å². The summed E-state index contributed by atoms with van der Waals surface area (Å²) in [6, 6.07) is 0. The highest BCUT2D eigenvalue weighted by Gasteiger charge is 2.19. The quantitative estimate of drug-likeness (QED) is 0.0262. The second kappa shape index (κ2) is 53.7. The number of hydrogen-bond acceptors (Lipinski definition) is 6. The molecule has 6 heteroatoms. The van der Waals surface area contributed by atoms with Crippen molar-refractivity contribution >= 4 is 17.9 Å². The topological polar surface area (TPSA) is 78.9 Å². The third kappa shape index (κ3) is 51.9. The first-order valence-electron chi connectivity index (χ1n) is 27.8. The first-order valence-corrected chi connectivity index (χ1v) is 27.8. The number of carbonyl (C=O) groups is 3. The molecule has 0 amide bonds. The van der Waals surface area contributed by atoms with E-state index >= 15 is 0 Å². The molecule has 0 spiro atoms. The molecular weight excluding hydrogens is 805 g/mol. The van der Waals surface area contributed by atoms with Crippen LogP contribution < -0.4 is 0 Å². The first kappa shape index (κ1) is 62.1. The summed E-state index contributed by atoms with van der Waals surface area (Å²) in [7, 11) is 0. The molecule has 0 aromatic rings. The molecule has 65 heavy (non-hydrogen) atoms. The number of ether oxygens (including phenoxy) is 3. The molecule has 1 unspecified atom stereocenters. The number of unbranched alkanes of at least 4 members (excludes halogenated alkanes) is 29. The lowest BCUT2D eigenvalue weighted by Crippen LogP contribution is -2.30. The van der Waals surface area contributed by atoms with Crippen molar-refractivity contribution in [3.05, 3.63) is 60.8 Å². The van der Waals surface area contributed by atoms with E-state index < -0.39 is 6.10 Å². The summed E-state index contributed by atoms with van der Waals surface area (Å²) in [5.74, 6) is -0.898. The average molecular weight is 909 g/mol. The number of esters is 3. The van der Waals surface area contributed by atoms with Gasteiger partial charge in [0.25, 0.3) is 0 Å². The normalized spacial score (nSPS) is 12.5. The first-order chi connectivity index (χ1) is 32.0. The summed E-state index contributed by atoms with van der Waals surface area (Å²) < 4.78 is 16.8. The van der Waals surface area contributed by atoms with E-state index in [2.05, 4.69) is 81.5 Å². The van der Waals surface area contributed by atoms with Crippen molar-refractivity contribution in [2.24, 2.45) is 0 Å². The molecular formula is C59H104O6. The molecule has 0 saturated heterocycles. The summed E-state index contributed by atoms with van der Waals surface area (Å²) in [6.07, 6.45) is 66.3. The Morgan fingerprint density at radius 1 is 0.323 bits per heavy atom. The van der Waals surface area contributed by atoms with Gasteiger partial charge in [-0.05, 0) is 103 Å². The smallest absolute Gasteiger partial charge is 0.306 e. The number of carbonyl (C=O) groups excluding carboxylic acids is 3. The minimum absolute atomic E-state index is 0.0824. The van der Waals surface area contributed by atoms with Crippen molar-refractivity contribution in [2.45, 2.75) is 284 Å². The Bertz CT molecular complexity index is 1180. The van der Waals surface area contributed by atoms with Crippen LogP contribution in [0.15, 0.2) is 60.8 Å². The predicted octanol–water partition coefficient (Wildman–Crippen LogP) is 18.4. The molecule has 0 heterocycles. The van der Waals surface area contributed by atoms with Crippen molar-refractivity contribution in [1.82, 2.24) is 0 Å². The van der Waals surface area contributed by atoms with Gasteiger partial charge < -0.3 is 14.2 Å². The molecule has 0 aromatic carbocycles. The maximum atomic E-state index is 12.8. The summed E-state index contributed by atoms with van der Waals surface area (Å²) in [4.78, 5) is 38.1. The Labute approximate surface area is 402 Å². The van der Waals surface area contributed by atoms with E-state index in [0.717, 1.165) is 89.9 Å². The van der Waals surface area contributed by atoms with E-state index in [1.54, 1.807) is 0 Å². The molecule has 0 aromatic heterocycles. The lowest BCUT2D eigenvalue weighted by Gasteiger charge is -2.18. The SMILES string of the molecule is CC/C=C\C/C=C\C/C=C\CCCCCCCCCC(=O)OC(COC(=O)CCCCCCC/C=C\CCCCC)COC(=O)CCCCCCCCC/C=C\CCCCCCCCC. The fourth-order valence-electron chi connectivity index (χ4n) is 7.80. The van der Waals surface area contributed by atoms with Gasteiger partial charge in [0.15, 0.2) is 6.10 Å². The van der Waals surface area contributed by atoms with Crippen molar-refractivity contribution in [2.75, 3.05) is 13.2 Å². The van der Waals surface area contributed by atoms with Crippen LogP contribution in [0.1, 0.15) is 278 Å². The highest BCUT2D eigenvalue weighted by atomic mass is 16.6. The fraction of sp³-hybridized carbons (Fsp3) is 0.780. The maximum Gasteiger partial charge on any atom is 0.306 e. The fourth-order valence-corrected chi connectivity index (χ4v) is 7.80. The summed E-state index contributed by atoms with van der Waals surface area (Å²) in [5, 5.41) is 0. The van der Waals surface area contributed by atoms with Crippen LogP contribution in [0.4, 0.5) is 0 Å². The molecule has 0 radical (unpaired) electrons. The molecule has 0 fully saturated rings. The molecule has 0 bridgehead atoms. The number of hydrogen-bond donors (Lipinski definition) is 0. The standard InChI is InChI=1S/C59H104O6/c1-4-7-10-13-16-19-22-25-27-29-31-32-34-37-40-43-46-49-52-58(61)64-55-56(54-63-57(60)51-48-45-42-39-36-24-21-18-15-12-9-6-3)65-59(62)53-50-47-44-41-38-35-33-30-28-26-23-20-17-14-11-8-5-2/h8,11,17-18,20-21,26-29,56H,4-7,9-10,12-16,19,22-25,30-55H2,1-3H3/b11-8-,20-17-,21-18-,28-26-,29-27-. The van der Waals surface area contributed by atoms with Gasteiger partial charge in [-0.1, -0.05) is 216 Å². The van der Waals surface area contributed by atoms with Crippen molar-refractivity contribution in [3.8, 4) is 0 Å². The van der Waals surface area contributed by atoms with Crippen LogP contribution in [0.5, 0.6) is 0 Å². The second-order valence-electron chi connectivity index (χ2n) is 18.5. The lowest BCUT2D eigenvalue weighted by atomic mass is 10.1. The van der Waals surface area contributed by atoms with E-state index in [1.807, 2.05) is 0 Å². The molecule has 0 aliphatic carbocycles. The molecule has 6 nitrogen and oxygen atoms in total. The van der Waals surface area contributed by atoms with Crippen molar-refractivity contribution < 1.29 is 28.6 Å². The monoisotopic (exact) mass is 909 g/mol. The van der Waals surface area contributed by atoms with Gasteiger partial charge in [-0.25, -0.2) is 0 Å². The minimum Gasteiger partial charge on any atom is -0.462 e. The molecule has 0 N–H and O–H groups in total. The molecule has 376 valence electrons. The number of allylic oxidation sites excluding steroid dienone is 10. The average Bonchev–Trinajstić information content (AvgIpc) is 3.30. The third-order valence-corrected chi connectivity index (χ3v) is 12.0. The molecule has 0 saturated carbocycles. The van der Waals surface area contributed by atoms with E-state index in [9.17, 15) is 14.4 Å². The Morgan fingerprint density at radius 3 is 0.985 bits per heavy atom. The molecule has 0 aliphatic rings. The second-order valence-corrected chi connectivity index (χ2v) is 18.5. The zero-order valence-corrected chi connectivity index (χ0v) is 43.0. The lowest BCUT2D eigenvalue weighted by molar-refractivity contribution is -0.167. The molecule has 0 aliphatic heterocycles. The van der Waals surface area contributed by atoms with Gasteiger partial charge >= 0.3 is 17.9 Å². The summed E-state index contributed by atoms with van der Waals surface area (Å²) in [5.41, 5.74) is 0. The van der Waals surface area contributed by atoms with Gasteiger partial charge in [0.05, 0.1) is 0 Å². The summed E-state index contributed by atoms with van der Waals surface area (Å²) >= 11 is 0. The van der Waals surface area contributed by atoms with Crippen LogP contribution in [0, 0.1) is 0 Å². The van der Waals surface area contributed by atoms with E-state index in [-0.39, 0.29) is 31.1 Å². The Balaban J connectivity index is 4.37. The molecule has 0 rings (SSSR count). The van der Waals surface area contributed by atoms with Gasteiger partial charge in [-0.2, -0.15) is 0 Å². The van der Waals surface area contributed by atoms with Gasteiger partial charge in [-0.3, -0.25) is 14.4 Å². The van der Waals surface area contributed by atoms with E-state index in [1.165, 1.54) is 148 Å². The van der Waals surface area contributed by atoms with Gasteiger partial charge in [-0.15, -0.1) is 0 Å². The Hall–Kier alpha value is -2.89. The van der Waals surface area contributed by atoms with Crippen LogP contribution in [-0.2, 0) is 28.6 Å². The van der Waals surface area contributed by atoms with E-state index in [0.29, 0.717) is 19.3 Å². The van der Waals surface area contributed by atoms with Gasteiger partial charge in [0, 0.05) is 19.3 Å². The zero-order valence-electron chi connectivity index (χ0n) is 43.0. The van der Waals surface area contributed by atoms with Crippen LogP contribution >= 0.6 is 0 Å². The Kier molecular flexibility index (Phi) is 51.3. The van der Waals surface area contributed by atoms with Crippen LogP contribution in [0.25, 0.3) is 0 Å². The largest absolute Gasteiger partial charge is 0.462 e. The highest BCUT2D eigenvalue weighted by molar-refractivity contribution is 5.71. The zero-order chi connectivity index (χ0) is 47.2. The molecule has 1 atom stereocenters.